The number of aryl methyl sites for hydroxylation is 1. The third-order valence-corrected chi connectivity index (χ3v) is 5.91. The maximum Gasteiger partial charge on any atom is 0.243 e. The highest BCUT2D eigenvalue weighted by molar-refractivity contribution is 9.10. The first-order chi connectivity index (χ1) is 8.82. The van der Waals surface area contributed by atoms with E-state index in [2.05, 4.69) is 29.8 Å². The van der Waals surface area contributed by atoms with Gasteiger partial charge in [-0.1, -0.05) is 49.2 Å². The summed E-state index contributed by atoms with van der Waals surface area (Å²) in [6, 6.07) is 5.37. The van der Waals surface area contributed by atoms with Crippen LogP contribution < -0.4 is 0 Å². The first-order valence-corrected chi connectivity index (χ1v) is 8.82. The summed E-state index contributed by atoms with van der Waals surface area (Å²) in [5.74, 6) is 0.363. The Morgan fingerprint density at radius 1 is 1.32 bits per heavy atom. The Bertz CT molecular complexity index is 528. The summed E-state index contributed by atoms with van der Waals surface area (Å²) in [4.78, 5) is 0.395. The largest absolute Gasteiger partial charge is 0.243 e. The zero-order valence-corrected chi connectivity index (χ0v) is 14.4. The van der Waals surface area contributed by atoms with Crippen LogP contribution in [0.1, 0.15) is 32.8 Å². The van der Waals surface area contributed by atoms with Crippen molar-refractivity contribution in [2.45, 2.75) is 39.0 Å². The smallest absolute Gasteiger partial charge is 0.207 e. The summed E-state index contributed by atoms with van der Waals surface area (Å²) < 4.78 is 27.7. The lowest BCUT2D eigenvalue weighted by Crippen LogP contribution is -2.34. The van der Waals surface area contributed by atoms with Crippen molar-refractivity contribution < 1.29 is 8.42 Å². The zero-order chi connectivity index (χ0) is 14.6. The van der Waals surface area contributed by atoms with Gasteiger partial charge in [0, 0.05) is 17.6 Å². The van der Waals surface area contributed by atoms with Crippen LogP contribution in [0.5, 0.6) is 0 Å². The molecule has 0 radical (unpaired) electrons. The normalized spacial score (nSPS) is 13.8. The first-order valence-electron chi connectivity index (χ1n) is 6.59. The standard InChI is InChI=1S/C14H22BrNO2S/c1-5-11(3)10-16(6-2)19(17,18)14-9-13(15)8-7-12(14)4/h7-9,11H,5-6,10H2,1-4H3. The molecule has 1 rings (SSSR count). The summed E-state index contributed by atoms with van der Waals surface area (Å²) >= 11 is 3.34. The number of rotatable bonds is 6. The van der Waals surface area contributed by atoms with Crippen LogP contribution >= 0.6 is 15.9 Å². The number of sulfonamides is 1. The van der Waals surface area contributed by atoms with E-state index in [1.54, 1.807) is 10.4 Å². The molecule has 0 saturated carbocycles. The predicted molar refractivity (Wildman–Crippen MR) is 82.8 cm³/mol. The molecular formula is C14H22BrNO2S. The molecule has 0 aliphatic rings. The maximum atomic E-state index is 12.7. The van der Waals surface area contributed by atoms with E-state index in [1.165, 1.54) is 0 Å². The van der Waals surface area contributed by atoms with Crippen LogP contribution in [0.4, 0.5) is 0 Å². The molecular weight excluding hydrogens is 326 g/mol. The third kappa shape index (κ3) is 4.04. The van der Waals surface area contributed by atoms with Crippen LogP contribution in [0.3, 0.4) is 0 Å². The fraction of sp³-hybridized carbons (Fsp3) is 0.571. The molecule has 0 fully saturated rings. The maximum absolute atomic E-state index is 12.7. The van der Waals surface area contributed by atoms with Gasteiger partial charge in [-0.3, -0.25) is 0 Å². The van der Waals surface area contributed by atoms with Gasteiger partial charge in [0.05, 0.1) is 4.90 Å². The van der Waals surface area contributed by atoms with Crippen LogP contribution in [-0.2, 0) is 10.0 Å². The van der Waals surface area contributed by atoms with E-state index in [1.807, 2.05) is 26.0 Å². The van der Waals surface area contributed by atoms with Crippen molar-refractivity contribution in [1.82, 2.24) is 4.31 Å². The Balaban J connectivity index is 3.17. The molecule has 19 heavy (non-hydrogen) atoms. The topological polar surface area (TPSA) is 37.4 Å². The minimum atomic E-state index is -3.41. The number of hydrogen-bond donors (Lipinski definition) is 0. The highest BCUT2D eigenvalue weighted by Crippen LogP contribution is 2.24. The molecule has 0 heterocycles. The fourth-order valence-electron chi connectivity index (χ4n) is 1.86. The quantitative estimate of drug-likeness (QED) is 0.784. The molecule has 1 unspecified atom stereocenters. The highest BCUT2D eigenvalue weighted by atomic mass is 79.9. The Hall–Kier alpha value is -0.390. The van der Waals surface area contributed by atoms with Crippen LogP contribution in [0, 0.1) is 12.8 Å². The highest BCUT2D eigenvalue weighted by Gasteiger charge is 2.25. The molecule has 5 heteroatoms. The van der Waals surface area contributed by atoms with Gasteiger partial charge in [0.15, 0.2) is 0 Å². The molecule has 0 aliphatic carbocycles. The second-order valence-electron chi connectivity index (χ2n) is 4.88. The molecule has 0 bridgehead atoms. The minimum absolute atomic E-state index is 0.363. The van der Waals surface area contributed by atoms with Crippen molar-refractivity contribution in [3.05, 3.63) is 28.2 Å². The van der Waals surface area contributed by atoms with Gasteiger partial charge in [-0.05, 0) is 30.5 Å². The molecule has 1 aromatic carbocycles. The lowest BCUT2D eigenvalue weighted by atomic mass is 10.1. The van der Waals surface area contributed by atoms with E-state index in [0.717, 1.165) is 16.5 Å². The van der Waals surface area contributed by atoms with Gasteiger partial charge in [0.2, 0.25) is 10.0 Å². The molecule has 1 aromatic rings. The molecule has 3 nitrogen and oxygen atoms in total. The summed E-state index contributed by atoms with van der Waals surface area (Å²) in [5, 5.41) is 0. The fourth-order valence-corrected chi connectivity index (χ4v) is 4.20. The molecule has 0 spiro atoms. The van der Waals surface area contributed by atoms with Gasteiger partial charge in [0.25, 0.3) is 0 Å². The second-order valence-corrected chi connectivity index (χ2v) is 7.70. The number of nitrogens with zero attached hydrogens (tertiary/aromatic N) is 1. The van der Waals surface area contributed by atoms with Gasteiger partial charge < -0.3 is 0 Å². The molecule has 0 amide bonds. The first kappa shape index (κ1) is 16.7. The van der Waals surface area contributed by atoms with Crippen LogP contribution in [0.2, 0.25) is 0 Å². The molecule has 1 atom stereocenters. The predicted octanol–water partition coefficient (Wildman–Crippen LogP) is 3.81. The zero-order valence-electron chi connectivity index (χ0n) is 12.0. The third-order valence-electron chi connectivity index (χ3n) is 3.33. The van der Waals surface area contributed by atoms with E-state index < -0.39 is 10.0 Å². The van der Waals surface area contributed by atoms with E-state index in [9.17, 15) is 8.42 Å². The summed E-state index contributed by atoms with van der Waals surface area (Å²) in [5.41, 5.74) is 0.783. The monoisotopic (exact) mass is 347 g/mol. The van der Waals surface area contributed by atoms with Crippen molar-refractivity contribution in [2.75, 3.05) is 13.1 Å². The van der Waals surface area contributed by atoms with E-state index in [-0.39, 0.29) is 0 Å². The average Bonchev–Trinajstić information content (AvgIpc) is 2.37. The van der Waals surface area contributed by atoms with E-state index in [0.29, 0.717) is 23.9 Å². The van der Waals surface area contributed by atoms with E-state index in [4.69, 9.17) is 0 Å². The Kier molecular flexibility index (Phi) is 6.02. The number of benzene rings is 1. The van der Waals surface area contributed by atoms with Gasteiger partial charge in [0.1, 0.15) is 0 Å². The lowest BCUT2D eigenvalue weighted by molar-refractivity contribution is 0.361. The summed E-state index contributed by atoms with van der Waals surface area (Å²) in [6.07, 6.45) is 0.976. The molecule has 0 aliphatic heterocycles. The second kappa shape index (κ2) is 6.86. The Morgan fingerprint density at radius 2 is 1.95 bits per heavy atom. The Morgan fingerprint density at radius 3 is 2.47 bits per heavy atom. The summed E-state index contributed by atoms with van der Waals surface area (Å²) in [6.45, 7) is 8.94. The van der Waals surface area contributed by atoms with Gasteiger partial charge >= 0.3 is 0 Å². The van der Waals surface area contributed by atoms with Crippen molar-refractivity contribution in [3.63, 3.8) is 0 Å². The van der Waals surface area contributed by atoms with Crippen LogP contribution in [0.15, 0.2) is 27.6 Å². The average molecular weight is 348 g/mol. The van der Waals surface area contributed by atoms with Crippen LogP contribution in [-0.4, -0.2) is 25.8 Å². The molecule has 0 saturated heterocycles. The van der Waals surface area contributed by atoms with Gasteiger partial charge in [-0.15, -0.1) is 0 Å². The summed E-state index contributed by atoms with van der Waals surface area (Å²) in [7, 11) is -3.41. The van der Waals surface area contributed by atoms with E-state index >= 15 is 0 Å². The molecule has 0 aromatic heterocycles. The van der Waals surface area contributed by atoms with Crippen molar-refractivity contribution in [3.8, 4) is 0 Å². The molecule has 0 N–H and O–H groups in total. The number of hydrogen-bond acceptors (Lipinski definition) is 2. The SMILES string of the molecule is CCC(C)CN(CC)S(=O)(=O)c1cc(Br)ccc1C. The van der Waals surface area contributed by atoms with Crippen molar-refractivity contribution in [1.29, 1.82) is 0 Å². The van der Waals surface area contributed by atoms with Gasteiger partial charge in [-0.25, -0.2) is 8.42 Å². The molecule has 108 valence electrons. The lowest BCUT2D eigenvalue weighted by Gasteiger charge is -2.24. The minimum Gasteiger partial charge on any atom is -0.207 e. The van der Waals surface area contributed by atoms with Crippen molar-refractivity contribution in [2.24, 2.45) is 5.92 Å². The van der Waals surface area contributed by atoms with Gasteiger partial charge in [-0.2, -0.15) is 4.31 Å². The number of halogens is 1. The Labute approximate surface area is 125 Å². The van der Waals surface area contributed by atoms with Crippen LogP contribution in [0.25, 0.3) is 0 Å². The van der Waals surface area contributed by atoms with Crippen molar-refractivity contribution >= 4 is 26.0 Å².